The Bertz CT molecular complexity index is 2620. The molecule has 0 saturated carbocycles. The number of aryl methyl sites for hydroxylation is 2. The van der Waals surface area contributed by atoms with Crippen molar-refractivity contribution >= 4 is 11.1 Å². The van der Waals surface area contributed by atoms with Crippen LogP contribution in [-0.4, -0.2) is 0 Å². The number of hydrogen-bond acceptors (Lipinski definition) is 1. The fourth-order valence-electron chi connectivity index (χ4n) is 9.08. The maximum Gasteiger partial charge on any atom is 0.134 e. The van der Waals surface area contributed by atoms with Crippen molar-refractivity contribution in [2.75, 3.05) is 0 Å². The van der Waals surface area contributed by atoms with E-state index in [4.69, 9.17) is 4.74 Å². The van der Waals surface area contributed by atoms with Gasteiger partial charge in [-0.05, 0) is 116 Å². The lowest BCUT2D eigenvalue weighted by atomic mass is 9.82. The third-order valence-corrected chi connectivity index (χ3v) is 12.4. The van der Waals surface area contributed by atoms with Crippen LogP contribution in [0.3, 0.4) is 0 Å². The van der Waals surface area contributed by atoms with Gasteiger partial charge >= 0.3 is 0 Å². The maximum atomic E-state index is 5.69. The van der Waals surface area contributed by atoms with Crippen LogP contribution in [0.15, 0.2) is 177 Å². The van der Waals surface area contributed by atoms with E-state index in [0.29, 0.717) is 0 Å². The van der Waals surface area contributed by atoms with Gasteiger partial charge < -0.3 is 4.74 Å². The van der Waals surface area contributed by atoms with Crippen molar-refractivity contribution in [1.29, 1.82) is 0 Å². The monoisotopic (exact) mass is 815 g/mol. The molecule has 0 bridgehead atoms. The first kappa shape index (κ1) is 45.3. The van der Waals surface area contributed by atoms with Crippen molar-refractivity contribution in [3.05, 3.63) is 222 Å². The zero-order valence-corrected chi connectivity index (χ0v) is 38.7. The summed E-state index contributed by atoms with van der Waals surface area (Å²) >= 11 is 0. The minimum absolute atomic E-state index is 0.0948. The average molecular weight is 815 g/mol. The van der Waals surface area contributed by atoms with E-state index in [0.717, 1.165) is 35.3 Å². The van der Waals surface area contributed by atoms with Crippen LogP contribution in [-0.2, 0) is 17.3 Å². The minimum Gasteiger partial charge on any atom is -0.464 e. The zero-order chi connectivity index (χ0) is 44.4. The topological polar surface area (TPSA) is 9.23 Å². The van der Waals surface area contributed by atoms with Gasteiger partial charge in [0.1, 0.15) is 5.75 Å². The summed E-state index contributed by atoms with van der Waals surface area (Å²) in [7, 11) is 0. The predicted octanol–water partition coefficient (Wildman–Crippen LogP) is 17.5. The van der Waals surface area contributed by atoms with Gasteiger partial charge in [-0.25, -0.2) is 0 Å². The molecule has 316 valence electrons. The van der Waals surface area contributed by atoms with Crippen LogP contribution in [0, 0.1) is 6.92 Å². The summed E-state index contributed by atoms with van der Waals surface area (Å²) in [6.07, 6.45) is 16.2. The van der Waals surface area contributed by atoms with Crippen LogP contribution >= 0.6 is 0 Å². The van der Waals surface area contributed by atoms with E-state index in [9.17, 15) is 0 Å². The Morgan fingerprint density at radius 3 is 1.85 bits per heavy atom. The summed E-state index contributed by atoms with van der Waals surface area (Å²) in [5, 5.41) is 0. The van der Waals surface area contributed by atoms with E-state index in [1.165, 1.54) is 85.2 Å². The van der Waals surface area contributed by atoms with Gasteiger partial charge in [-0.3, -0.25) is 0 Å². The van der Waals surface area contributed by atoms with Crippen LogP contribution in [0.4, 0.5) is 0 Å². The van der Waals surface area contributed by atoms with Crippen molar-refractivity contribution in [2.24, 2.45) is 0 Å². The first-order valence-corrected chi connectivity index (χ1v) is 22.7. The standard InChI is InChI=1S/C22H24.C19H16O.C18H20.C2H6/c1-5-9-16(10-6-2)17-13-14-21-19(15-17)18-11-7-8-12-20(18)22(21,3)4;1-14-6-8-16(9-7-14)17-10-11-18-15(2)5-3-4-12-20-19(18)13-17;1-4-7-13-10-11-15-14-8-5-6-9-16(14)18(2,3)17(15)12-13;1-2/h5,7-9,11-15H,1,6,10H2,2-4H3;3-13H,2H2,1H3;5-6,8-12H,4,7H2,1-3H3;1-2H3/b16-9+;5-3-,12-4-;;. The highest BCUT2D eigenvalue weighted by Crippen LogP contribution is 2.50. The number of ether oxygens (including phenoxy) is 1. The number of fused-ring (bicyclic) bond motifs is 7. The Morgan fingerprint density at radius 1 is 0.597 bits per heavy atom. The van der Waals surface area contributed by atoms with E-state index in [2.05, 4.69) is 195 Å². The first-order valence-electron chi connectivity index (χ1n) is 22.7. The van der Waals surface area contributed by atoms with E-state index >= 15 is 0 Å². The molecular weight excluding hydrogens is 749 g/mol. The summed E-state index contributed by atoms with van der Waals surface area (Å²) < 4.78 is 5.69. The second kappa shape index (κ2) is 20.1. The molecule has 0 N–H and O–H groups in total. The van der Waals surface area contributed by atoms with Gasteiger partial charge in [0.05, 0.1) is 6.26 Å². The van der Waals surface area contributed by atoms with Gasteiger partial charge in [-0.15, -0.1) is 0 Å². The molecule has 0 amide bonds. The largest absolute Gasteiger partial charge is 0.464 e. The van der Waals surface area contributed by atoms with E-state index < -0.39 is 0 Å². The fraction of sp³-hybridized carbons (Fsp3) is 0.246. The first-order chi connectivity index (χ1) is 30.0. The highest BCUT2D eigenvalue weighted by Gasteiger charge is 2.36. The molecule has 62 heavy (non-hydrogen) atoms. The van der Waals surface area contributed by atoms with E-state index in [-0.39, 0.29) is 10.8 Å². The molecular formula is C61H66O. The highest BCUT2D eigenvalue weighted by molar-refractivity contribution is 5.84. The Kier molecular flexibility index (Phi) is 14.7. The molecule has 1 heteroatoms. The molecule has 0 unspecified atom stereocenters. The van der Waals surface area contributed by atoms with Gasteiger partial charge in [-0.1, -0.05) is 227 Å². The van der Waals surface area contributed by atoms with Gasteiger partial charge in [0.15, 0.2) is 0 Å². The molecule has 0 spiro atoms. The molecule has 1 nitrogen and oxygen atoms in total. The number of allylic oxidation sites excluding steroid dienone is 7. The maximum absolute atomic E-state index is 5.69. The molecule has 2 aliphatic carbocycles. The molecule has 6 aromatic rings. The smallest absolute Gasteiger partial charge is 0.134 e. The Labute approximate surface area is 374 Å². The summed E-state index contributed by atoms with van der Waals surface area (Å²) in [5.41, 5.74) is 21.5. The lowest BCUT2D eigenvalue weighted by molar-refractivity contribution is 0.480. The normalized spacial score (nSPS) is 15.3. The van der Waals surface area contributed by atoms with Crippen LogP contribution in [0.5, 0.6) is 5.75 Å². The summed E-state index contributed by atoms with van der Waals surface area (Å²) in [5.74, 6) is 0.841. The van der Waals surface area contributed by atoms with Crippen molar-refractivity contribution in [3.8, 4) is 39.1 Å². The molecule has 0 radical (unpaired) electrons. The Morgan fingerprint density at radius 2 is 1.19 bits per heavy atom. The van der Waals surface area contributed by atoms with Gasteiger partial charge in [0, 0.05) is 16.4 Å². The molecule has 0 aromatic heterocycles. The molecule has 0 saturated heterocycles. The molecule has 1 aliphatic heterocycles. The second-order valence-corrected chi connectivity index (χ2v) is 17.3. The number of benzene rings is 6. The SMILES string of the molecule is C=C/C=C(\CCC)c1ccc2c(c1)-c1ccccc1C2(C)C.C=C1/C=C\C=C/Oc2cc(-c3ccc(C)cc3)ccc21.CC.CCCc1ccc2c(c1)C(C)(C)c1ccccc1-2. The van der Waals surface area contributed by atoms with Gasteiger partial charge in [0.25, 0.3) is 0 Å². The van der Waals surface area contributed by atoms with Gasteiger partial charge in [-0.2, -0.15) is 0 Å². The molecule has 0 fully saturated rings. The van der Waals surface area contributed by atoms with Crippen molar-refractivity contribution in [2.45, 2.75) is 98.8 Å². The van der Waals surface area contributed by atoms with Crippen LogP contribution in [0.2, 0.25) is 0 Å². The summed E-state index contributed by atoms with van der Waals surface area (Å²) in [6.45, 7) is 27.8. The molecule has 9 rings (SSSR count). The predicted molar refractivity (Wildman–Crippen MR) is 271 cm³/mol. The average Bonchev–Trinajstić information content (AvgIpc) is 3.66. The second-order valence-electron chi connectivity index (χ2n) is 17.3. The molecule has 3 aliphatic rings. The molecule has 0 atom stereocenters. The Hall–Kier alpha value is -6.18. The summed E-state index contributed by atoms with van der Waals surface area (Å²) in [6, 6.07) is 46.3. The van der Waals surface area contributed by atoms with Crippen LogP contribution < -0.4 is 4.74 Å². The number of hydrogen-bond donors (Lipinski definition) is 0. The highest BCUT2D eigenvalue weighted by atomic mass is 16.5. The van der Waals surface area contributed by atoms with Crippen molar-refractivity contribution in [3.63, 3.8) is 0 Å². The quantitative estimate of drug-likeness (QED) is 0.146. The Balaban J connectivity index is 0.000000153. The van der Waals surface area contributed by atoms with E-state index in [1.807, 2.05) is 38.2 Å². The lowest BCUT2D eigenvalue weighted by Crippen LogP contribution is -2.15. The zero-order valence-electron chi connectivity index (χ0n) is 38.7. The van der Waals surface area contributed by atoms with E-state index in [1.54, 1.807) is 6.26 Å². The molecule has 6 aromatic carbocycles. The summed E-state index contributed by atoms with van der Waals surface area (Å²) in [4.78, 5) is 0. The van der Waals surface area contributed by atoms with Gasteiger partial charge in [0.2, 0.25) is 0 Å². The van der Waals surface area contributed by atoms with Crippen LogP contribution in [0.1, 0.15) is 119 Å². The van der Waals surface area contributed by atoms with Crippen LogP contribution in [0.25, 0.3) is 44.5 Å². The lowest BCUT2D eigenvalue weighted by Gasteiger charge is -2.21. The number of rotatable bonds is 7. The molecule has 1 heterocycles. The third-order valence-electron chi connectivity index (χ3n) is 12.4. The van der Waals surface area contributed by atoms with Crippen molar-refractivity contribution < 1.29 is 4.74 Å². The minimum atomic E-state index is 0.0948. The fourth-order valence-corrected chi connectivity index (χ4v) is 9.08. The van der Waals surface area contributed by atoms with Crippen molar-refractivity contribution in [1.82, 2.24) is 0 Å². The third kappa shape index (κ3) is 9.49.